The molecule has 198 valence electrons. The number of anilines is 1. The quantitative estimate of drug-likeness (QED) is 0.280. The van der Waals surface area contributed by atoms with Crippen LogP contribution in [0.4, 0.5) is 14.6 Å². The van der Waals surface area contributed by atoms with E-state index in [0.29, 0.717) is 18.2 Å². The van der Waals surface area contributed by atoms with E-state index in [0.717, 1.165) is 53.7 Å². The second-order valence-electron chi connectivity index (χ2n) is 11.2. The fraction of sp³-hybridized carbons (Fsp3) is 0.400. The summed E-state index contributed by atoms with van der Waals surface area (Å²) >= 11 is 0. The molecule has 0 fully saturated rings. The zero-order valence-corrected chi connectivity index (χ0v) is 22.8. The van der Waals surface area contributed by atoms with Crippen LogP contribution in [0.2, 0.25) is 0 Å². The first kappa shape index (κ1) is 25.9. The molecule has 0 spiro atoms. The SMILES string of the molecule is CC(C)c1ncccc1-c1ncc2c(n1)N(Cc1ccc(-c3nc(C(C)(F)F)cn3C)cc1)CCC2(C)C. The molecule has 0 unspecified atom stereocenters. The molecule has 1 aromatic carbocycles. The molecule has 0 aliphatic carbocycles. The maximum absolute atomic E-state index is 13.8. The van der Waals surface area contributed by atoms with Crippen LogP contribution >= 0.6 is 0 Å². The summed E-state index contributed by atoms with van der Waals surface area (Å²) in [4.78, 5) is 21.0. The number of hydrogen-bond acceptors (Lipinski definition) is 5. The molecule has 3 aromatic heterocycles. The third-order valence-electron chi connectivity index (χ3n) is 7.34. The number of imidazole rings is 1. The number of aryl methyl sites for hydroxylation is 1. The number of rotatable bonds is 6. The molecule has 0 N–H and O–H groups in total. The first-order valence-electron chi connectivity index (χ1n) is 13.0. The maximum atomic E-state index is 13.8. The Hall–Kier alpha value is -3.68. The monoisotopic (exact) mass is 516 g/mol. The Labute approximate surface area is 222 Å². The lowest BCUT2D eigenvalue weighted by Crippen LogP contribution is -2.38. The molecule has 0 atom stereocenters. The molecule has 4 heterocycles. The molecule has 0 saturated carbocycles. The molecule has 1 aliphatic heterocycles. The number of halogens is 2. The average molecular weight is 517 g/mol. The Morgan fingerprint density at radius 1 is 1.05 bits per heavy atom. The van der Waals surface area contributed by atoms with Gasteiger partial charge in [-0.05, 0) is 35.4 Å². The van der Waals surface area contributed by atoms with E-state index in [1.807, 2.05) is 48.8 Å². The van der Waals surface area contributed by atoms with E-state index in [1.165, 1.54) is 6.20 Å². The van der Waals surface area contributed by atoms with Crippen molar-refractivity contribution in [2.75, 3.05) is 11.4 Å². The zero-order chi connectivity index (χ0) is 27.2. The van der Waals surface area contributed by atoms with Gasteiger partial charge in [-0.25, -0.2) is 15.0 Å². The predicted octanol–water partition coefficient (Wildman–Crippen LogP) is 6.86. The summed E-state index contributed by atoms with van der Waals surface area (Å²) in [6.45, 7) is 11.2. The van der Waals surface area contributed by atoms with Crippen molar-refractivity contribution in [1.82, 2.24) is 24.5 Å². The standard InChI is InChI=1S/C30H34F2N6/c1-19(2)25-22(8-7-14-33-25)26-34-16-23-28(36-26)38(15-13-29(23,3)4)17-20-9-11-21(12-10-20)27-35-24(18-37(27)6)30(5,31)32/h7-12,14,16,18-19H,13,15,17H2,1-6H3. The van der Waals surface area contributed by atoms with E-state index >= 15 is 0 Å². The van der Waals surface area contributed by atoms with Crippen LogP contribution in [-0.2, 0) is 24.9 Å². The molecule has 1 aliphatic rings. The number of pyridine rings is 1. The minimum absolute atomic E-state index is 0.0265. The van der Waals surface area contributed by atoms with Gasteiger partial charge < -0.3 is 9.47 Å². The van der Waals surface area contributed by atoms with Crippen LogP contribution in [0.15, 0.2) is 55.0 Å². The number of aromatic nitrogens is 5. The van der Waals surface area contributed by atoms with Gasteiger partial charge in [0.05, 0.1) is 5.69 Å². The fourth-order valence-electron chi connectivity index (χ4n) is 5.02. The predicted molar refractivity (Wildman–Crippen MR) is 146 cm³/mol. The van der Waals surface area contributed by atoms with Crippen LogP contribution in [0.1, 0.15) is 69.5 Å². The van der Waals surface area contributed by atoms with Crippen molar-refractivity contribution in [1.29, 1.82) is 0 Å². The van der Waals surface area contributed by atoms with Crippen LogP contribution in [-0.4, -0.2) is 31.0 Å². The summed E-state index contributed by atoms with van der Waals surface area (Å²) < 4.78 is 29.2. The molecule has 38 heavy (non-hydrogen) atoms. The molecule has 0 radical (unpaired) electrons. The fourth-order valence-corrected chi connectivity index (χ4v) is 5.02. The Morgan fingerprint density at radius 2 is 1.79 bits per heavy atom. The Balaban J connectivity index is 1.46. The average Bonchev–Trinajstić information content (AvgIpc) is 3.28. The lowest BCUT2D eigenvalue weighted by Gasteiger charge is -2.39. The van der Waals surface area contributed by atoms with Crippen LogP contribution in [0.25, 0.3) is 22.8 Å². The molecule has 0 saturated heterocycles. The smallest absolute Gasteiger partial charge is 0.288 e. The van der Waals surface area contributed by atoms with Gasteiger partial charge in [-0.2, -0.15) is 8.78 Å². The minimum atomic E-state index is -2.97. The van der Waals surface area contributed by atoms with E-state index in [2.05, 4.69) is 42.6 Å². The van der Waals surface area contributed by atoms with Crippen molar-refractivity contribution < 1.29 is 8.78 Å². The summed E-state index contributed by atoms with van der Waals surface area (Å²) in [5, 5.41) is 0. The number of hydrogen-bond donors (Lipinski definition) is 0. The molecule has 6 nitrogen and oxygen atoms in total. The van der Waals surface area contributed by atoms with Crippen LogP contribution in [0.3, 0.4) is 0 Å². The number of fused-ring (bicyclic) bond motifs is 1. The van der Waals surface area contributed by atoms with Crippen molar-refractivity contribution in [3.8, 4) is 22.8 Å². The highest BCUT2D eigenvalue weighted by atomic mass is 19.3. The summed E-state index contributed by atoms with van der Waals surface area (Å²) in [7, 11) is 1.74. The molecular weight excluding hydrogens is 482 g/mol. The van der Waals surface area contributed by atoms with Crippen molar-refractivity contribution in [2.45, 2.75) is 64.8 Å². The van der Waals surface area contributed by atoms with Crippen molar-refractivity contribution in [3.05, 3.63) is 77.5 Å². The van der Waals surface area contributed by atoms with Gasteiger partial charge in [0.15, 0.2) is 5.82 Å². The third kappa shape index (κ3) is 4.91. The van der Waals surface area contributed by atoms with Gasteiger partial charge in [0.2, 0.25) is 0 Å². The third-order valence-corrected chi connectivity index (χ3v) is 7.34. The minimum Gasteiger partial charge on any atom is -0.352 e. The number of alkyl halides is 2. The molecule has 8 heteroatoms. The summed E-state index contributed by atoms with van der Waals surface area (Å²) in [5.41, 5.74) is 4.75. The molecular formula is C30H34F2N6. The number of benzene rings is 1. The Kier molecular flexibility index (Phi) is 6.53. The second-order valence-corrected chi connectivity index (χ2v) is 11.2. The van der Waals surface area contributed by atoms with Crippen molar-refractivity contribution in [3.63, 3.8) is 0 Å². The van der Waals surface area contributed by atoms with Gasteiger partial charge in [0.25, 0.3) is 5.92 Å². The van der Waals surface area contributed by atoms with E-state index in [-0.39, 0.29) is 17.0 Å². The topological polar surface area (TPSA) is 59.7 Å². The summed E-state index contributed by atoms with van der Waals surface area (Å²) in [6, 6.07) is 11.9. The summed E-state index contributed by atoms with van der Waals surface area (Å²) in [6.07, 6.45) is 6.17. The summed E-state index contributed by atoms with van der Waals surface area (Å²) in [5.74, 6) is -0.550. The highest BCUT2D eigenvalue weighted by Gasteiger charge is 2.33. The van der Waals surface area contributed by atoms with Crippen LogP contribution in [0.5, 0.6) is 0 Å². The first-order chi connectivity index (χ1) is 17.9. The second kappa shape index (κ2) is 9.57. The lowest BCUT2D eigenvalue weighted by molar-refractivity contribution is 0.0131. The zero-order valence-electron chi connectivity index (χ0n) is 22.8. The van der Waals surface area contributed by atoms with E-state index in [1.54, 1.807) is 11.6 Å². The van der Waals surface area contributed by atoms with E-state index < -0.39 is 5.92 Å². The molecule has 0 bridgehead atoms. The van der Waals surface area contributed by atoms with Gasteiger partial charge in [-0.15, -0.1) is 0 Å². The van der Waals surface area contributed by atoms with Crippen LogP contribution in [0, 0.1) is 0 Å². The van der Waals surface area contributed by atoms with Crippen molar-refractivity contribution in [2.24, 2.45) is 7.05 Å². The van der Waals surface area contributed by atoms with Gasteiger partial charge in [0.1, 0.15) is 17.3 Å². The highest BCUT2D eigenvalue weighted by Crippen LogP contribution is 2.40. The van der Waals surface area contributed by atoms with Gasteiger partial charge >= 0.3 is 0 Å². The van der Waals surface area contributed by atoms with E-state index in [9.17, 15) is 8.78 Å². The molecule has 0 amide bonds. The number of nitrogens with zero attached hydrogens (tertiary/aromatic N) is 6. The van der Waals surface area contributed by atoms with Gasteiger partial charge in [-0.3, -0.25) is 4.98 Å². The first-order valence-corrected chi connectivity index (χ1v) is 13.0. The lowest BCUT2D eigenvalue weighted by atomic mass is 9.79. The van der Waals surface area contributed by atoms with Crippen molar-refractivity contribution >= 4 is 5.82 Å². The highest BCUT2D eigenvalue weighted by molar-refractivity contribution is 5.64. The van der Waals surface area contributed by atoms with Gasteiger partial charge in [-0.1, -0.05) is 52.0 Å². The maximum Gasteiger partial charge on any atom is 0.288 e. The van der Waals surface area contributed by atoms with Gasteiger partial charge in [0, 0.05) is 62.3 Å². The molecule has 5 rings (SSSR count). The van der Waals surface area contributed by atoms with Crippen LogP contribution < -0.4 is 4.90 Å². The normalized spacial score (nSPS) is 15.1. The Bertz CT molecular complexity index is 1450. The van der Waals surface area contributed by atoms with E-state index in [4.69, 9.17) is 9.97 Å². The molecule has 4 aromatic rings. The largest absolute Gasteiger partial charge is 0.352 e. The Morgan fingerprint density at radius 3 is 2.45 bits per heavy atom.